The third-order valence-electron chi connectivity index (χ3n) is 4.54. The minimum atomic E-state index is -5.48. The van der Waals surface area contributed by atoms with Gasteiger partial charge in [0.15, 0.2) is 12.6 Å². The van der Waals surface area contributed by atoms with E-state index in [4.69, 9.17) is 14.2 Å². The van der Waals surface area contributed by atoms with Gasteiger partial charge in [-0.2, -0.15) is 0 Å². The fourth-order valence-electron chi connectivity index (χ4n) is 3.18. The Labute approximate surface area is 231 Å². The molecule has 0 radical (unpaired) electrons. The van der Waals surface area contributed by atoms with E-state index < -0.39 is 90.2 Å². The molecular weight excluding hydrogens is 500 g/mol. The van der Waals surface area contributed by atoms with Crippen molar-refractivity contribution in [2.24, 2.45) is 0 Å². The minimum Gasteiger partial charge on any atom is -0.726 e. The summed E-state index contributed by atoms with van der Waals surface area (Å²) in [6.07, 6.45) is -18.3. The summed E-state index contributed by atoms with van der Waals surface area (Å²) in [5, 5.41) is 62.4. The van der Waals surface area contributed by atoms with Crippen LogP contribution in [0.25, 0.3) is 0 Å². The number of aliphatic hydroxyl groups excluding tert-OH is 5. The number of aliphatic carboxylic acids is 1. The number of rotatable bonds is 7. The molecule has 1 unspecified atom stereocenters. The standard InChI is InChI=1S/C14H23NO15S.2Na/c1-3(17)15-5-10(9(30-31(24,25)26)4(2-16)27-13(5)23)28-14-8(20)6(18)7(19)11(29-14)12(21)22;;/h4-11,13-14,16,18-20,23H,2H2,1H3,(H,15,17)(H,21,22)(H,24,25,26);;/q;2*+1/p-2/t4-,5-,6+,7+,8-,9+,10-,11+,13?,14-;;/m1../s1. The third kappa shape index (κ3) is 8.53. The maximum Gasteiger partial charge on any atom is 1.00 e. The van der Waals surface area contributed by atoms with Crippen molar-refractivity contribution < 1.29 is 131 Å². The van der Waals surface area contributed by atoms with Gasteiger partial charge in [-0.1, -0.05) is 0 Å². The van der Waals surface area contributed by atoms with Crippen LogP contribution in [0.2, 0.25) is 0 Å². The Morgan fingerprint density at radius 3 is 2.06 bits per heavy atom. The van der Waals surface area contributed by atoms with Gasteiger partial charge in [-0.15, -0.1) is 0 Å². The molecule has 2 aliphatic rings. The Bertz CT molecular complexity index is 772. The van der Waals surface area contributed by atoms with Gasteiger partial charge in [-0.05, 0) is 0 Å². The van der Waals surface area contributed by atoms with Gasteiger partial charge in [0, 0.05) is 6.92 Å². The monoisotopic (exact) mass is 521 g/mol. The summed E-state index contributed by atoms with van der Waals surface area (Å²) in [6.45, 7) is -0.0265. The maximum absolute atomic E-state index is 11.5. The first-order valence-electron chi connectivity index (χ1n) is 8.68. The molecule has 10 atom stereocenters. The molecule has 0 bridgehead atoms. The molecule has 0 saturated carbocycles. The average molecular weight is 521 g/mol. The third-order valence-corrected chi connectivity index (χ3v) is 5.00. The fraction of sp³-hybridized carbons (Fsp3) is 0.857. The van der Waals surface area contributed by atoms with Crippen LogP contribution in [0.4, 0.5) is 0 Å². The molecule has 0 aromatic carbocycles. The zero-order valence-corrected chi connectivity index (χ0v) is 22.5. The number of carbonyl (C=O) groups excluding carboxylic acids is 2. The van der Waals surface area contributed by atoms with E-state index in [2.05, 4.69) is 9.50 Å². The van der Waals surface area contributed by atoms with E-state index >= 15 is 0 Å². The van der Waals surface area contributed by atoms with Gasteiger partial charge in [-0.25, -0.2) is 8.42 Å². The predicted octanol–water partition coefficient (Wildman–Crippen LogP) is -13.0. The van der Waals surface area contributed by atoms with Crippen LogP contribution in [-0.4, -0.2) is 118 Å². The molecule has 33 heavy (non-hydrogen) atoms. The number of nitrogens with one attached hydrogen (secondary N) is 1. The van der Waals surface area contributed by atoms with Crippen molar-refractivity contribution in [2.75, 3.05) is 6.61 Å². The first kappa shape index (κ1) is 33.5. The van der Waals surface area contributed by atoms with E-state index in [1.807, 2.05) is 0 Å². The number of carbonyl (C=O) groups is 2. The number of carboxylic acids is 1. The number of aliphatic hydroxyl groups is 5. The Morgan fingerprint density at radius 1 is 1.03 bits per heavy atom. The number of hydrogen-bond donors (Lipinski definition) is 6. The molecule has 0 spiro atoms. The maximum atomic E-state index is 11.5. The molecule has 2 rings (SSSR count). The number of ether oxygens (including phenoxy) is 3. The summed E-state index contributed by atoms with van der Waals surface area (Å²) >= 11 is 0. The van der Waals surface area contributed by atoms with Crippen molar-refractivity contribution in [1.29, 1.82) is 0 Å². The van der Waals surface area contributed by atoms with Crippen molar-refractivity contribution in [3.63, 3.8) is 0 Å². The van der Waals surface area contributed by atoms with Crippen molar-refractivity contribution in [1.82, 2.24) is 5.32 Å². The largest absolute Gasteiger partial charge is 1.00 e. The van der Waals surface area contributed by atoms with E-state index in [1.165, 1.54) is 0 Å². The molecule has 0 aromatic heterocycles. The molecule has 180 valence electrons. The molecule has 16 nitrogen and oxygen atoms in total. The number of carboxylic acid groups (broad SMARTS) is 1. The van der Waals surface area contributed by atoms with E-state index in [0.717, 1.165) is 6.92 Å². The van der Waals surface area contributed by atoms with E-state index in [1.54, 1.807) is 0 Å². The van der Waals surface area contributed by atoms with Crippen LogP contribution < -0.4 is 69.5 Å². The second-order valence-corrected chi connectivity index (χ2v) is 7.77. The van der Waals surface area contributed by atoms with Crippen LogP contribution in [0, 0.1) is 0 Å². The van der Waals surface area contributed by atoms with Crippen LogP contribution in [0.3, 0.4) is 0 Å². The Kier molecular flexibility index (Phi) is 13.9. The van der Waals surface area contributed by atoms with Gasteiger partial charge in [0.2, 0.25) is 16.3 Å². The van der Waals surface area contributed by atoms with Gasteiger partial charge in [-0.3, -0.25) is 8.98 Å². The van der Waals surface area contributed by atoms with Crippen molar-refractivity contribution in [3.8, 4) is 0 Å². The zero-order chi connectivity index (χ0) is 23.7. The molecule has 2 heterocycles. The van der Waals surface area contributed by atoms with E-state index in [-0.39, 0.29) is 59.1 Å². The van der Waals surface area contributed by atoms with Crippen LogP contribution in [0.1, 0.15) is 6.92 Å². The van der Waals surface area contributed by atoms with E-state index in [9.17, 15) is 53.2 Å². The summed E-state index contributed by atoms with van der Waals surface area (Å²) in [7, 11) is -5.48. The summed E-state index contributed by atoms with van der Waals surface area (Å²) in [6, 6.07) is -1.69. The number of amides is 1. The van der Waals surface area contributed by atoms with Crippen LogP contribution >= 0.6 is 0 Å². The van der Waals surface area contributed by atoms with Crippen molar-refractivity contribution >= 4 is 22.3 Å². The molecule has 0 aromatic rings. The molecule has 19 heteroatoms. The summed E-state index contributed by atoms with van der Waals surface area (Å²) in [5.41, 5.74) is 0. The fourth-order valence-corrected chi connectivity index (χ4v) is 3.68. The molecule has 1 amide bonds. The smallest absolute Gasteiger partial charge is 0.726 e. The normalized spacial score (nSPS) is 39.0. The average Bonchev–Trinajstić information content (AvgIpc) is 2.64. The molecule has 2 saturated heterocycles. The van der Waals surface area contributed by atoms with Crippen LogP contribution in [0.5, 0.6) is 0 Å². The molecule has 0 aliphatic carbocycles. The van der Waals surface area contributed by atoms with Gasteiger partial charge in [0.05, 0.1) is 12.6 Å². The van der Waals surface area contributed by atoms with E-state index in [0.29, 0.717) is 0 Å². The first-order valence-corrected chi connectivity index (χ1v) is 10.0. The quantitative estimate of drug-likeness (QED) is 0.103. The van der Waals surface area contributed by atoms with Gasteiger partial charge < -0.3 is 59.5 Å². The Hall–Kier alpha value is 0.490. The molecule has 2 fully saturated rings. The second-order valence-electron chi connectivity index (χ2n) is 6.76. The van der Waals surface area contributed by atoms with Gasteiger partial charge >= 0.3 is 59.1 Å². The second kappa shape index (κ2) is 13.7. The summed E-state index contributed by atoms with van der Waals surface area (Å²) < 4.78 is 52.9. The van der Waals surface area contributed by atoms with Crippen molar-refractivity contribution in [2.45, 2.75) is 68.3 Å². The Morgan fingerprint density at radius 2 is 1.61 bits per heavy atom. The zero-order valence-electron chi connectivity index (χ0n) is 17.7. The topological polar surface area (TPSA) is 264 Å². The summed E-state index contributed by atoms with van der Waals surface area (Å²) in [5.74, 6) is -2.80. The molecule has 2 aliphatic heterocycles. The van der Waals surface area contributed by atoms with Gasteiger partial charge in [0.1, 0.15) is 48.8 Å². The number of hydrogen-bond acceptors (Lipinski definition) is 15. The Balaban J connectivity index is 0.00000512. The van der Waals surface area contributed by atoms with Crippen LogP contribution in [-0.2, 0) is 38.4 Å². The minimum absolute atomic E-state index is 0. The van der Waals surface area contributed by atoms with Gasteiger partial charge in [0.25, 0.3) is 0 Å². The molecular formula is C14H21NNa2O15S. The molecule has 6 N–H and O–H groups in total. The predicted molar refractivity (Wildman–Crippen MR) is 86.7 cm³/mol. The first-order chi connectivity index (χ1) is 14.3. The van der Waals surface area contributed by atoms with Crippen molar-refractivity contribution in [3.05, 3.63) is 0 Å². The van der Waals surface area contributed by atoms with Crippen LogP contribution in [0.15, 0.2) is 0 Å². The summed E-state index contributed by atoms with van der Waals surface area (Å²) in [4.78, 5) is 22.6. The SMILES string of the molecule is CC(=O)N[C@H]1C(O)O[C@H](CO)[C@H](OS(=O)(=O)[O-])[C@@H]1O[C@@H]1O[C@H](C(=O)[O-])[C@@H](O)[C@H](O)[C@H]1O.[Na+].[Na+].